The second-order valence-corrected chi connectivity index (χ2v) is 5.26. The van der Waals surface area contributed by atoms with Crippen LogP contribution in [0.1, 0.15) is 23.2 Å². The van der Waals surface area contributed by atoms with Crippen LogP contribution in [0.4, 0.5) is 0 Å². The van der Waals surface area contributed by atoms with Crippen molar-refractivity contribution >= 4 is 17.0 Å². The van der Waals surface area contributed by atoms with Crippen LogP contribution in [-0.2, 0) is 6.61 Å². The maximum Gasteiger partial charge on any atom is 0.132 e. The highest BCUT2D eigenvalue weighted by Gasteiger charge is 2.10. The summed E-state index contributed by atoms with van der Waals surface area (Å²) in [5, 5.41) is 15.1. The minimum atomic E-state index is 0.364. The van der Waals surface area contributed by atoms with E-state index in [1.165, 1.54) is 0 Å². The van der Waals surface area contributed by atoms with Crippen LogP contribution in [0.2, 0.25) is 0 Å². The third-order valence-corrected chi connectivity index (χ3v) is 3.59. The van der Waals surface area contributed by atoms with E-state index >= 15 is 0 Å². The maximum absolute atomic E-state index is 8.92. The normalized spacial score (nSPS) is 11.4. The van der Waals surface area contributed by atoms with Crippen LogP contribution in [0, 0.1) is 6.92 Å². The quantitative estimate of drug-likeness (QED) is 0.522. The summed E-state index contributed by atoms with van der Waals surface area (Å²) in [5.41, 5.74) is 2.08. The van der Waals surface area contributed by atoms with Gasteiger partial charge in [-0.2, -0.15) is 0 Å². The average molecular weight is 292 g/mol. The van der Waals surface area contributed by atoms with Crippen molar-refractivity contribution in [2.45, 2.75) is 20.5 Å². The minimum Gasteiger partial charge on any atom is -0.497 e. The first-order chi connectivity index (χ1) is 9.63. The van der Waals surface area contributed by atoms with Crippen molar-refractivity contribution in [3.63, 3.8) is 0 Å². The van der Waals surface area contributed by atoms with Crippen molar-refractivity contribution in [3.05, 3.63) is 39.8 Å². The molecule has 1 aromatic heterocycles. The molecule has 0 saturated heterocycles. The van der Waals surface area contributed by atoms with Gasteiger partial charge in [-0.15, -0.1) is 11.3 Å². The molecule has 20 heavy (non-hydrogen) atoms. The zero-order chi connectivity index (χ0) is 14.5. The third kappa shape index (κ3) is 3.27. The van der Waals surface area contributed by atoms with Gasteiger partial charge in [0, 0.05) is 17.0 Å². The molecule has 0 atom stereocenters. The Morgan fingerprint density at radius 2 is 2.25 bits per heavy atom. The molecule has 0 aliphatic rings. The Morgan fingerprint density at radius 1 is 1.45 bits per heavy atom. The van der Waals surface area contributed by atoms with Crippen LogP contribution in [0.3, 0.4) is 0 Å². The Morgan fingerprint density at radius 3 is 2.85 bits per heavy atom. The van der Waals surface area contributed by atoms with Crippen molar-refractivity contribution in [1.29, 1.82) is 0 Å². The summed E-state index contributed by atoms with van der Waals surface area (Å²) in [6.07, 6.45) is 0. The molecule has 1 N–H and O–H groups in total. The molecular formula is C14H16N2O3S. The van der Waals surface area contributed by atoms with Crippen molar-refractivity contribution in [2.75, 3.05) is 7.11 Å². The number of oxime groups is 1. The SMILES string of the molecule is COc1ccc(/C(C)=N/O)c(OCc2csc(C)n2)c1. The minimum absolute atomic E-state index is 0.364. The molecule has 2 aromatic rings. The van der Waals surface area contributed by atoms with Crippen molar-refractivity contribution < 1.29 is 14.7 Å². The van der Waals surface area contributed by atoms with Gasteiger partial charge in [-0.25, -0.2) is 4.98 Å². The van der Waals surface area contributed by atoms with E-state index in [-0.39, 0.29) is 0 Å². The topological polar surface area (TPSA) is 63.9 Å². The number of aromatic nitrogens is 1. The average Bonchev–Trinajstić information content (AvgIpc) is 2.89. The number of hydrogen-bond acceptors (Lipinski definition) is 6. The van der Waals surface area contributed by atoms with E-state index in [2.05, 4.69) is 10.1 Å². The number of nitrogens with zero attached hydrogens (tertiary/aromatic N) is 2. The molecule has 0 aliphatic carbocycles. The van der Waals surface area contributed by atoms with E-state index in [9.17, 15) is 0 Å². The number of aryl methyl sites for hydroxylation is 1. The number of thiazole rings is 1. The molecule has 0 spiro atoms. The predicted molar refractivity (Wildman–Crippen MR) is 78.2 cm³/mol. The summed E-state index contributed by atoms with van der Waals surface area (Å²) in [5.74, 6) is 1.29. The molecule has 0 unspecified atom stereocenters. The molecule has 6 heteroatoms. The Labute approximate surface area is 121 Å². The van der Waals surface area contributed by atoms with Gasteiger partial charge in [0.05, 0.1) is 23.5 Å². The van der Waals surface area contributed by atoms with Gasteiger partial charge >= 0.3 is 0 Å². The van der Waals surface area contributed by atoms with Crippen molar-refractivity contribution in [1.82, 2.24) is 4.98 Å². The summed E-state index contributed by atoms with van der Waals surface area (Å²) in [6, 6.07) is 5.36. The van der Waals surface area contributed by atoms with Crippen LogP contribution in [0.25, 0.3) is 0 Å². The zero-order valence-corrected chi connectivity index (χ0v) is 12.4. The van der Waals surface area contributed by atoms with Crippen LogP contribution in [0.15, 0.2) is 28.7 Å². The van der Waals surface area contributed by atoms with Crippen LogP contribution >= 0.6 is 11.3 Å². The van der Waals surface area contributed by atoms with Crippen molar-refractivity contribution in [2.24, 2.45) is 5.16 Å². The van der Waals surface area contributed by atoms with Gasteiger partial charge in [0.1, 0.15) is 18.1 Å². The fraction of sp³-hybridized carbons (Fsp3) is 0.286. The lowest BCUT2D eigenvalue weighted by molar-refractivity contribution is 0.297. The molecule has 106 valence electrons. The third-order valence-electron chi connectivity index (χ3n) is 2.77. The highest BCUT2D eigenvalue weighted by Crippen LogP contribution is 2.26. The van der Waals surface area contributed by atoms with Gasteiger partial charge in [0.15, 0.2) is 0 Å². The van der Waals surface area contributed by atoms with E-state index < -0.39 is 0 Å². The Kier molecular flexibility index (Phi) is 4.57. The number of ether oxygens (including phenoxy) is 2. The summed E-state index contributed by atoms with van der Waals surface area (Å²) >= 11 is 1.58. The largest absolute Gasteiger partial charge is 0.497 e. The summed E-state index contributed by atoms with van der Waals surface area (Å²) in [7, 11) is 1.59. The van der Waals surface area contributed by atoms with Gasteiger partial charge < -0.3 is 14.7 Å². The molecule has 0 amide bonds. The first-order valence-electron chi connectivity index (χ1n) is 6.05. The molecule has 1 aromatic carbocycles. The van der Waals surface area contributed by atoms with Crippen LogP contribution < -0.4 is 9.47 Å². The number of rotatable bonds is 5. The van der Waals surface area contributed by atoms with Gasteiger partial charge in [-0.1, -0.05) is 5.16 Å². The standard InChI is InChI=1S/C14H16N2O3S/c1-9(16-17)13-5-4-12(18-3)6-14(13)19-7-11-8-20-10(2)15-11/h4-6,8,17H,7H2,1-3H3/b16-9+. The summed E-state index contributed by atoms with van der Waals surface area (Å²) in [6.45, 7) is 4.03. The molecule has 0 aliphatic heterocycles. The first kappa shape index (κ1) is 14.3. The molecule has 2 rings (SSSR count). The van der Waals surface area contributed by atoms with Crippen LogP contribution in [0.5, 0.6) is 11.5 Å². The van der Waals surface area contributed by atoms with Gasteiger partial charge in [-0.05, 0) is 26.0 Å². The number of methoxy groups -OCH3 is 1. The molecular weight excluding hydrogens is 276 g/mol. The second kappa shape index (κ2) is 6.38. The van der Waals surface area contributed by atoms with Gasteiger partial charge in [-0.3, -0.25) is 0 Å². The highest BCUT2D eigenvalue weighted by molar-refractivity contribution is 7.09. The van der Waals surface area contributed by atoms with E-state index in [1.54, 1.807) is 43.6 Å². The fourth-order valence-electron chi connectivity index (χ4n) is 1.73. The number of benzene rings is 1. The predicted octanol–water partition coefficient (Wildman–Crippen LogP) is 3.24. The maximum atomic E-state index is 8.92. The Bertz CT molecular complexity index is 623. The Hall–Kier alpha value is -2.08. The molecule has 0 saturated carbocycles. The second-order valence-electron chi connectivity index (χ2n) is 4.19. The van der Waals surface area contributed by atoms with Gasteiger partial charge in [0.25, 0.3) is 0 Å². The molecule has 5 nitrogen and oxygen atoms in total. The smallest absolute Gasteiger partial charge is 0.132 e. The van der Waals surface area contributed by atoms with Crippen molar-refractivity contribution in [3.8, 4) is 11.5 Å². The summed E-state index contributed by atoms with van der Waals surface area (Å²) < 4.78 is 11.0. The van der Waals surface area contributed by atoms with E-state index in [0.717, 1.165) is 16.3 Å². The fourth-order valence-corrected chi connectivity index (χ4v) is 2.33. The number of hydrogen-bond donors (Lipinski definition) is 1. The zero-order valence-electron chi connectivity index (χ0n) is 11.6. The lowest BCUT2D eigenvalue weighted by Crippen LogP contribution is -2.03. The summed E-state index contributed by atoms with van der Waals surface area (Å²) in [4.78, 5) is 4.35. The van der Waals surface area contributed by atoms with E-state index in [0.29, 0.717) is 23.8 Å². The Balaban J connectivity index is 2.23. The van der Waals surface area contributed by atoms with Crippen LogP contribution in [-0.4, -0.2) is 23.0 Å². The van der Waals surface area contributed by atoms with E-state index in [1.807, 2.05) is 12.3 Å². The lowest BCUT2D eigenvalue weighted by Gasteiger charge is -2.11. The van der Waals surface area contributed by atoms with E-state index in [4.69, 9.17) is 14.7 Å². The molecule has 1 heterocycles. The molecule has 0 radical (unpaired) electrons. The monoisotopic (exact) mass is 292 g/mol. The highest BCUT2D eigenvalue weighted by atomic mass is 32.1. The lowest BCUT2D eigenvalue weighted by atomic mass is 10.1. The van der Waals surface area contributed by atoms with Gasteiger partial charge in [0.2, 0.25) is 0 Å². The molecule has 0 fully saturated rings. The first-order valence-corrected chi connectivity index (χ1v) is 6.93. The molecule has 0 bridgehead atoms.